The van der Waals surface area contributed by atoms with E-state index in [2.05, 4.69) is 19.2 Å². The van der Waals surface area contributed by atoms with Crippen LogP contribution in [0.5, 0.6) is 0 Å². The maximum Gasteiger partial charge on any atom is -0.00151 e. The zero-order valence-corrected chi connectivity index (χ0v) is 9.81. The van der Waals surface area contributed by atoms with Gasteiger partial charge in [0.1, 0.15) is 0 Å². The molecule has 1 heterocycles. The third kappa shape index (κ3) is 1.60. The summed E-state index contributed by atoms with van der Waals surface area (Å²) >= 11 is 0. The molecule has 0 aromatic carbocycles. The second-order valence-electron chi connectivity index (χ2n) is 5.47. The molecule has 1 spiro atoms. The molecular weight excluding hydrogens is 170 g/mol. The van der Waals surface area contributed by atoms with Gasteiger partial charge in [0.15, 0.2) is 0 Å². The monoisotopic (exact) mass is 195 g/mol. The Bertz CT molecular complexity index is 188. The van der Waals surface area contributed by atoms with E-state index in [0.717, 1.165) is 17.3 Å². The summed E-state index contributed by atoms with van der Waals surface area (Å²) in [6, 6.07) is 0. The largest absolute Gasteiger partial charge is 0.316 e. The van der Waals surface area contributed by atoms with Crippen molar-refractivity contribution in [3.63, 3.8) is 0 Å². The average Bonchev–Trinajstić information content (AvgIpc) is 2.54. The highest BCUT2D eigenvalue weighted by Crippen LogP contribution is 2.53. The van der Waals surface area contributed by atoms with Crippen LogP contribution in [0.3, 0.4) is 0 Å². The molecule has 0 radical (unpaired) electrons. The van der Waals surface area contributed by atoms with E-state index in [-0.39, 0.29) is 0 Å². The van der Waals surface area contributed by atoms with Gasteiger partial charge in [0.05, 0.1) is 0 Å². The van der Waals surface area contributed by atoms with Gasteiger partial charge in [0.2, 0.25) is 0 Å². The Morgan fingerprint density at radius 1 is 1.36 bits per heavy atom. The zero-order chi connectivity index (χ0) is 10.0. The average molecular weight is 195 g/mol. The fourth-order valence-corrected chi connectivity index (χ4v) is 3.99. The van der Waals surface area contributed by atoms with Gasteiger partial charge in [-0.1, -0.05) is 33.1 Å². The van der Waals surface area contributed by atoms with Crippen molar-refractivity contribution in [2.24, 2.45) is 17.3 Å². The van der Waals surface area contributed by atoms with E-state index in [1.165, 1.54) is 51.6 Å². The van der Waals surface area contributed by atoms with Crippen molar-refractivity contribution in [1.82, 2.24) is 5.32 Å². The summed E-state index contributed by atoms with van der Waals surface area (Å²) in [4.78, 5) is 0. The maximum atomic E-state index is 3.59. The number of nitrogens with one attached hydrogen (secondary N) is 1. The summed E-state index contributed by atoms with van der Waals surface area (Å²) in [5.41, 5.74) is 0.737. The standard InChI is InChI=1S/C13H25N/c1-3-5-12-10-14-9-8-13(12)7-4-6-11(13)2/h11-12,14H,3-10H2,1-2H3. The summed E-state index contributed by atoms with van der Waals surface area (Å²) in [6.45, 7) is 7.39. The lowest BCUT2D eigenvalue weighted by atomic mass is 9.63. The predicted octanol–water partition coefficient (Wildman–Crippen LogP) is 3.20. The normalized spacial score (nSPS) is 43.3. The first-order valence-corrected chi connectivity index (χ1v) is 6.50. The van der Waals surface area contributed by atoms with Crippen LogP contribution in [0.2, 0.25) is 0 Å². The minimum absolute atomic E-state index is 0.737. The molecule has 0 amide bonds. The zero-order valence-electron chi connectivity index (χ0n) is 9.81. The lowest BCUT2D eigenvalue weighted by Gasteiger charge is -2.45. The second kappa shape index (κ2) is 4.22. The van der Waals surface area contributed by atoms with Crippen molar-refractivity contribution in [1.29, 1.82) is 0 Å². The number of piperidine rings is 1. The van der Waals surface area contributed by atoms with Crippen LogP contribution in [0, 0.1) is 17.3 Å². The minimum Gasteiger partial charge on any atom is -0.316 e. The first-order chi connectivity index (χ1) is 6.79. The van der Waals surface area contributed by atoms with E-state index >= 15 is 0 Å². The SMILES string of the molecule is CCCC1CNCCC12CCCC2C. The molecular formula is C13H25N. The molecule has 1 heteroatoms. The molecule has 0 bridgehead atoms. The van der Waals surface area contributed by atoms with E-state index < -0.39 is 0 Å². The smallest absolute Gasteiger partial charge is 0.00151 e. The van der Waals surface area contributed by atoms with Gasteiger partial charge in [-0.15, -0.1) is 0 Å². The van der Waals surface area contributed by atoms with E-state index in [1.807, 2.05) is 0 Å². The van der Waals surface area contributed by atoms with Crippen LogP contribution in [0.1, 0.15) is 52.4 Å². The Kier molecular flexibility index (Phi) is 3.16. The van der Waals surface area contributed by atoms with Gasteiger partial charge < -0.3 is 5.32 Å². The molecule has 0 aromatic heterocycles. The first-order valence-electron chi connectivity index (χ1n) is 6.50. The van der Waals surface area contributed by atoms with Crippen LogP contribution >= 0.6 is 0 Å². The third-order valence-electron chi connectivity index (χ3n) is 4.87. The van der Waals surface area contributed by atoms with E-state index in [9.17, 15) is 0 Å². The molecule has 1 nitrogen and oxygen atoms in total. The van der Waals surface area contributed by atoms with Crippen LogP contribution in [0.25, 0.3) is 0 Å². The highest BCUT2D eigenvalue weighted by Gasteiger charge is 2.46. The predicted molar refractivity (Wildman–Crippen MR) is 61.3 cm³/mol. The van der Waals surface area contributed by atoms with Crippen LogP contribution < -0.4 is 5.32 Å². The van der Waals surface area contributed by atoms with Crippen molar-refractivity contribution >= 4 is 0 Å². The van der Waals surface area contributed by atoms with E-state index in [0.29, 0.717) is 0 Å². The molecule has 1 aliphatic heterocycles. The number of hydrogen-bond donors (Lipinski definition) is 1. The van der Waals surface area contributed by atoms with Crippen LogP contribution in [-0.4, -0.2) is 13.1 Å². The van der Waals surface area contributed by atoms with Gasteiger partial charge in [-0.05, 0) is 49.6 Å². The summed E-state index contributed by atoms with van der Waals surface area (Å²) < 4.78 is 0. The lowest BCUT2D eigenvalue weighted by Crippen LogP contribution is -2.46. The molecule has 14 heavy (non-hydrogen) atoms. The van der Waals surface area contributed by atoms with E-state index in [1.54, 1.807) is 0 Å². The fourth-order valence-electron chi connectivity index (χ4n) is 3.99. The van der Waals surface area contributed by atoms with Crippen molar-refractivity contribution in [2.75, 3.05) is 13.1 Å². The summed E-state index contributed by atoms with van der Waals surface area (Å²) in [5.74, 6) is 1.96. The van der Waals surface area contributed by atoms with Crippen LogP contribution in [-0.2, 0) is 0 Å². The molecule has 1 aliphatic carbocycles. The van der Waals surface area contributed by atoms with Gasteiger partial charge in [0, 0.05) is 0 Å². The number of hydrogen-bond acceptors (Lipinski definition) is 1. The molecule has 2 rings (SSSR count). The molecule has 3 atom stereocenters. The van der Waals surface area contributed by atoms with Gasteiger partial charge in [-0.25, -0.2) is 0 Å². The summed E-state index contributed by atoms with van der Waals surface area (Å²) in [6.07, 6.45) is 8.74. The highest BCUT2D eigenvalue weighted by molar-refractivity contribution is 4.98. The third-order valence-corrected chi connectivity index (χ3v) is 4.87. The van der Waals surface area contributed by atoms with Crippen molar-refractivity contribution in [2.45, 2.75) is 52.4 Å². The van der Waals surface area contributed by atoms with Gasteiger partial charge in [-0.3, -0.25) is 0 Å². The highest BCUT2D eigenvalue weighted by atomic mass is 14.9. The van der Waals surface area contributed by atoms with Crippen molar-refractivity contribution in [3.8, 4) is 0 Å². The molecule has 1 saturated carbocycles. The Balaban J connectivity index is 2.11. The molecule has 3 unspecified atom stereocenters. The minimum atomic E-state index is 0.737. The van der Waals surface area contributed by atoms with Gasteiger partial charge in [0.25, 0.3) is 0 Å². The Labute approximate surface area is 88.7 Å². The van der Waals surface area contributed by atoms with Crippen LogP contribution in [0.4, 0.5) is 0 Å². The molecule has 2 aliphatic rings. The quantitative estimate of drug-likeness (QED) is 0.713. The number of rotatable bonds is 2. The Morgan fingerprint density at radius 2 is 2.21 bits per heavy atom. The lowest BCUT2D eigenvalue weighted by molar-refractivity contribution is 0.0615. The molecule has 1 N–H and O–H groups in total. The fraction of sp³-hybridized carbons (Fsp3) is 1.00. The first kappa shape index (κ1) is 10.5. The van der Waals surface area contributed by atoms with Crippen molar-refractivity contribution < 1.29 is 0 Å². The van der Waals surface area contributed by atoms with Crippen molar-refractivity contribution in [3.05, 3.63) is 0 Å². The van der Waals surface area contributed by atoms with Crippen LogP contribution in [0.15, 0.2) is 0 Å². The maximum absolute atomic E-state index is 3.59. The Morgan fingerprint density at radius 3 is 2.86 bits per heavy atom. The molecule has 82 valence electrons. The van der Waals surface area contributed by atoms with Gasteiger partial charge in [-0.2, -0.15) is 0 Å². The molecule has 2 fully saturated rings. The Hall–Kier alpha value is -0.0400. The van der Waals surface area contributed by atoms with Gasteiger partial charge >= 0.3 is 0 Å². The van der Waals surface area contributed by atoms with E-state index in [4.69, 9.17) is 0 Å². The second-order valence-corrected chi connectivity index (χ2v) is 5.47. The summed E-state index contributed by atoms with van der Waals surface area (Å²) in [5, 5.41) is 3.59. The summed E-state index contributed by atoms with van der Waals surface area (Å²) in [7, 11) is 0. The molecule has 0 aromatic rings. The topological polar surface area (TPSA) is 12.0 Å². The molecule has 1 saturated heterocycles.